The topological polar surface area (TPSA) is 96.9 Å². The second kappa shape index (κ2) is 8.49. The molecule has 0 radical (unpaired) electrons. The molecule has 0 aromatic heterocycles. The summed E-state index contributed by atoms with van der Waals surface area (Å²) in [5.41, 5.74) is -0.222. The van der Waals surface area contributed by atoms with E-state index < -0.39 is 6.10 Å². The maximum atomic E-state index is 13.2. The number of aliphatic hydroxyl groups excluding tert-OH is 1. The lowest BCUT2D eigenvalue weighted by Gasteiger charge is -2.45. The first-order valence-electron chi connectivity index (χ1n) is 11.2. The molecule has 31 heavy (non-hydrogen) atoms. The van der Waals surface area contributed by atoms with Crippen molar-refractivity contribution in [3.8, 4) is 0 Å². The summed E-state index contributed by atoms with van der Waals surface area (Å²) >= 11 is 14.3. The third-order valence-corrected chi connectivity index (χ3v) is 9.97. The molecule has 9 atom stereocenters. The van der Waals surface area contributed by atoms with Gasteiger partial charge >= 0.3 is 6.03 Å². The maximum Gasteiger partial charge on any atom is 0.319 e. The predicted octanol–water partition coefficient (Wildman–Crippen LogP) is 0.565. The number of Topliss-reactive ketones (excluding diaryl/α,β-unsaturated/α-hetero) is 1. The number of urea groups is 1. The molecule has 3 heterocycles. The molecule has 5 rings (SSSR count). The summed E-state index contributed by atoms with van der Waals surface area (Å²) in [5.74, 6) is 0.233. The van der Waals surface area contributed by atoms with Gasteiger partial charge in [0.15, 0.2) is 5.78 Å². The summed E-state index contributed by atoms with van der Waals surface area (Å²) in [7, 11) is 1.79. The van der Waals surface area contributed by atoms with Gasteiger partial charge in [-0.15, -0.1) is 35.0 Å². The molecule has 0 bridgehead atoms. The molecule has 2 aliphatic carbocycles. The van der Waals surface area contributed by atoms with Crippen LogP contribution in [0.2, 0.25) is 0 Å². The lowest BCUT2D eigenvalue weighted by molar-refractivity contribution is -0.149. The van der Waals surface area contributed by atoms with Crippen molar-refractivity contribution in [2.75, 3.05) is 33.2 Å². The number of halogens is 2. The van der Waals surface area contributed by atoms with Crippen LogP contribution in [0.3, 0.4) is 0 Å². The van der Waals surface area contributed by atoms with E-state index in [2.05, 4.69) is 20.9 Å². The number of likely N-dealkylation sites (tertiary alicyclic amines) is 2. The lowest BCUT2D eigenvalue weighted by atomic mass is 9.69. The summed E-state index contributed by atoms with van der Waals surface area (Å²) < 4.78 is -0.0338. The smallest absolute Gasteiger partial charge is 0.319 e. The number of fused-ring (bicyclic) bond motifs is 2. The van der Waals surface area contributed by atoms with E-state index in [0.717, 1.165) is 38.8 Å². The summed E-state index contributed by atoms with van der Waals surface area (Å²) in [6.07, 6.45) is 2.76. The van der Waals surface area contributed by atoms with E-state index in [1.54, 1.807) is 7.05 Å². The maximum absolute atomic E-state index is 13.2. The Morgan fingerprint density at radius 2 is 2.13 bits per heavy atom. The zero-order chi connectivity index (χ0) is 21.9. The fourth-order valence-electron chi connectivity index (χ4n) is 6.56. The molecule has 174 valence electrons. The van der Waals surface area contributed by atoms with Crippen molar-refractivity contribution in [2.24, 2.45) is 11.3 Å². The monoisotopic (exact) mass is 491 g/mol. The number of ketones is 1. The van der Waals surface area contributed by atoms with Gasteiger partial charge in [0, 0.05) is 36.5 Å². The molecule has 8 nitrogen and oxygen atoms in total. The van der Waals surface area contributed by atoms with E-state index >= 15 is 0 Å². The first-order valence-corrected chi connectivity index (χ1v) is 13.0. The second-order valence-corrected chi connectivity index (χ2v) is 12.4. The van der Waals surface area contributed by atoms with Gasteiger partial charge in [-0.1, -0.05) is 0 Å². The van der Waals surface area contributed by atoms with Gasteiger partial charge < -0.3 is 20.6 Å². The average molecular weight is 492 g/mol. The number of rotatable bonds is 3. The lowest BCUT2D eigenvalue weighted by Crippen LogP contribution is -2.71. The molecule has 0 aromatic carbocycles. The average Bonchev–Trinajstić information content (AvgIpc) is 3.44. The predicted molar refractivity (Wildman–Crippen MR) is 121 cm³/mol. The highest BCUT2D eigenvalue weighted by Crippen LogP contribution is 2.53. The summed E-state index contributed by atoms with van der Waals surface area (Å²) in [6.45, 7) is 2.93. The van der Waals surface area contributed by atoms with Crippen molar-refractivity contribution in [3.05, 3.63) is 0 Å². The summed E-state index contributed by atoms with van der Waals surface area (Å²) in [5, 5.41) is 19.6. The molecule has 2 amide bonds. The Kier molecular flexibility index (Phi) is 6.16. The second-order valence-electron chi connectivity index (χ2n) is 9.69. The molecule has 5 aliphatic rings. The Labute approximate surface area is 197 Å². The van der Waals surface area contributed by atoms with Gasteiger partial charge in [0.2, 0.25) is 0 Å². The molecule has 5 fully saturated rings. The number of nitrogens with one attached hydrogen (secondary N) is 3. The van der Waals surface area contributed by atoms with Crippen molar-refractivity contribution in [2.45, 2.75) is 65.5 Å². The highest BCUT2D eigenvalue weighted by molar-refractivity contribution is 8.01. The van der Waals surface area contributed by atoms with Gasteiger partial charge in [-0.05, 0) is 45.2 Å². The number of likely N-dealkylation sites (N-methyl/N-ethyl adjacent to an activating group) is 1. The highest BCUT2D eigenvalue weighted by atomic mass is 35.5. The first kappa shape index (κ1) is 22.5. The van der Waals surface area contributed by atoms with Crippen LogP contribution in [0.1, 0.15) is 25.7 Å². The third-order valence-electron chi connectivity index (χ3n) is 8.09. The number of thioether (sulfide) groups is 1. The van der Waals surface area contributed by atoms with Crippen LogP contribution >= 0.6 is 35.0 Å². The van der Waals surface area contributed by atoms with E-state index in [4.69, 9.17) is 23.2 Å². The van der Waals surface area contributed by atoms with Gasteiger partial charge in [0.1, 0.15) is 11.6 Å². The zero-order valence-corrected chi connectivity index (χ0v) is 19.9. The molecule has 1 spiro atoms. The largest absolute Gasteiger partial charge is 0.384 e. The van der Waals surface area contributed by atoms with Crippen molar-refractivity contribution in [1.82, 2.24) is 25.8 Å². The van der Waals surface area contributed by atoms with Crippen LogP contribution in [-0.2, 0) is 4.79 Å². The number of nitrogens with zero attached hydrogens (tertiary/aromatic N) is 2. The van der Waals surface area contributed by atoms with Crippen LogP contribution in [0.25, 0.3) is 0 Å². The molecule has 3 saturated heterocycles. The fraction of sp³-hybridized carbons (Fsp3) is 0.900. The minimum atomic E-state index is -0.922. The van der Waals surface area contributed by atoms with Crippen molar-refractivity contribution in [3.63, 3.8) is 0 Å². The summed E-state index contributed by atoms with van der Waals surface area (Å²) in [4.78, 5) is 29.9. The molecule has 3 aliphatic heterocycles. The highest BCUT2D eigenvalue weighted by Gasteiger charge is 2.61. The van der Waals surface area contributed by atoms with E-state index in [0.29, 0.717) is 19.0 Å². The molecule has 8 unspecified atom stereocenters. The molecular weight excluding hydrogens is 461 g/mol. The van der Waals surface area contributed by atoms with Crippen LogP contribution in [0.4, 0.5) is 4.79 Å². The van der Waals surface area contributed by atoms with Gasteiger partial charge in [0.25, 0.3) is 0 Å². The minimum Gasteiger partial charge on any atom is -0.384 e. The molecular formula is C20H31Cl2N5O3S. The molecule has 4 N–H and O–H groups in total. The van der Waals surface area contributed by atoms with Gasteiger partial charge in [-0.25, -0.2) is 4.79 Å². The Morgan fingerprint density at radius 1 is 1.32 bits per heavy atom. The third kappa shape index (κ3) is 3.78. The van der Waals surface area contributed by atoms with Crippen LogP contribution in [-0.4, -0.2) is 99.8 Å². The Balaban J connectivity index is 1.32. The quantitative estimate of drug-likeness (QED) is 0.428. The fourth-order valence-corrected chi connectivity index (χ4v) is 8.12. The molecule has 11 heteroatoms. The standard InChI is InChI=1S/C20H31Cl2N5O3S/c1-23-14-15(17(29)16(14)28)26-5-4-20(8-26)9-27(12-3-2-10(21)6-11(12)20)19(30)25-18-24-7-13(22)31-18/h10-16,18,23-24,28H,2-9H2,1H3,(H,25,30)/t10?,11-,12?,13?,14?,15?,16?,18?,20?/m1/s1. The SMILES string of the molecule is CNC1C(O)C(=O)C1N1CCC2(C1)CN(C(=O)NC1NCC(Cl)S1)C1CCC(Cl)C[C@H]12. The van der Waals surface area contributed by atoms with Crippen LogP contribution in [0.5, 0.6) is 0 Å². The Hall–Kier alpha value is -0.290. The van der Waals surface area contributed by atoms with E-state index in [1.807, 2.05) is 4.90 Å². The normalized spacial score (nSPS) is 47.6. The van der Waals surface area contributed by atoms with E-state index in [1.165, 1.54) is 11.8 Å². The van der Waals surface area contributed by atoms with E-state index in [-0.39, 0.29) is 50.9 Å². The van der Waals surface area contributed by atoms with E-state index in [9.17, 15) is 14.7 Å². The van der Waals surface area contributed by atoms with Gasteiger partial charge in [0.05, 0.1) is 16.8 Å². The number of carbonyl (C=O) groups is 2. The molecule has 2 saturated carbocycles. The number of hydrogen-bond acceptors (Lipinski definition) is 7. The molecule has 0 aromatic rings. The van der Waals surface area contributed by atoms with Crippen LogP contribution in [0, 0.1) is 11.3 Å². The number of aliphatic hydroxyl groups is 1. The summed E-state index contributed by atoms with van der Waals surface area (Å²) in [6, 6.07) is -0.371. The Bertz CT molecular complexity index is 750. The van der Waals surface area contributed by atoms with Crippen LogP contribution in [0.15, 0.2) is 0 Å². The Morgan fingerprint density at radius 3 is 2.84 bits per heavy atom. The first-order chi connectivity index (χ1) is 14.8. The van der Waals surface area contributed by atoms with Crippen molar-refractivity contribution >= 4 is 46.8 Å². The number of alkyl halides is 2. The number of carbonyl (C=O) groups excluding carboxylic acids is 2. The van der Waals surface area contributed by atoms with Crippen molar-refractivity contribution in [1.29, 1.82) is 0 Å². The number of hydrogen-bond donors (Lipinski definition) is 4. The van der Waals surface area contributed by atoms with Crippen molar-refractivity contribution < 1.29 is 14.7 Å². The van der Waals surface area contributed by atoms with Gasteiger partial charge in [-0.2, -0.15) is 0 Å². The van der Waals surface area contributed by atoms with Crippen LogP contribution < -0.4 is 16.0 Å². The number of amides is 2. The van der Waals surface area contributed by atoms with Gasteiger partial charge in [-0.3, -0.25) is 15.0 Å². The zero-order valence-electron chi connectivity index (χ0n) is 17.6. The minimum absolute atomic E-state index is 0.0338.